The number of pyridine rings is 1. The number of methoxy groups -OCH3 is 1. The molecule has 1 amide bonds. The minimum atomic E-state index is -0.667. The number of rotatable bonds is 5. The molecule has 0 radical (unpaired) electrons. The lowest BCUT2D eigenvalue weighted by atomic mass is 10.1. The van der Waals surface area contributed by atoms with Gasteiger partial charge < -0.3 is 9.47 Å². The number of carbonyl (C=O) groups excluding carboxylic acids is 1. The van der Waals surface area contributed by atoms with E-state index in [4.69, 9.17) is 9.47 Å². The molecule has 0 aliphatic carbocycles. The molecular weight excluding hydrogens is 489 g/mol. The van der Waals surface area contributed by atoms with Crippen LogP contribution in [0.4, 0.5) is 16.2 Å². The average Bonchev–Trinajstić information content (AvgIpc) is 2.64. The van der Waals surface area contributed by atoms with E-state index in [1.54, 1.807) is 51.3 Å². The Morgan fingerprint density at radius 1 is 1.28 bits per heavy atom. The van der Waals surface area contributed by atoms with Gasteiger partial charge in [-0.15, -0.1) is 0 Å². The third-order valence-electron chi connectivity index (χ3n) is 3.79. The Morgan fingerprint density at radius 2 is 1.97 bits per heavy atom. The smallest absolute Gasteiger partial charge is 0.414 e. The molecule has 1 aromatic carbocycles. The average molecular weight is 511 g/mol. The summed E-state index contributed by atoms with van der Waals surface area (Å²) in [5, 5.41) is 11.6. The fraction of sp³-hybridized carbons (Fsp3) is 0.300. The Bertz CT molecular complexity index is 954. The monoisotopic (exact) mass is 511 g/mol. The van der Waals surface area contributed by atoms with E-state index in [1.165, 1.54) is 25.1 Å². The molecule has 9 heteroatoms. The van der Waals surface area contributed by atoms with Crippen LogP contribution in [0.2, 0.25) is 0 Å². The summed E-state index contributed by atoms with van der Waals surface area (Å²) in [6.07, 6.45) is 4.37. The Morgan fingerprint density at radius 3 is 2.55 bits per heavy atom. The first-order valence-electron chi connectivity index (χ1n) is 8.65. The van der Waals surface area contributed by atoms with Gasteiger partial charge in [0.1, 0.15) is 5.60 Å². The lowest BCUT2D eigenvalue weighted by Gasteiger charge is -2.24. The number of aromatic nitrogens is 1. The molecule has 8 nitrogen and oxygen atoms in total. The number of amides is 1. The van der Waals surface area contributed by atoms with E-state index >= 15 is 0 Å². The minimum Gasteiger partial charge on any atom is -0.481 e. The van der Waals surface area contributed by atoms with Crippen LogP contribution in [0.25, 0.3) is 12.2 Å². The summed E-state index contributed by atoms with van der Waals surface area (Å²) in [6.45, 7) is 5.26. The van der Waals surface area contributed by atoms with Gasteiger partial charge in [-0.05, 0) is 73.7 Å². The van der Waals surface area contributed by atoms with Crippen LogP contribution in [-0.4, -0.2) is 35.8 Å². The number of benzene rings is 1. The van der Waals surface area contributed by atoms with Crippen molar-refractivity contribution in [3.05, 3.63) is 55.3 Å². The van der Waals surface area contributed by atoms with E-state index in [0.29, 0.717) is 17.1 Å². The minimum absolute atomic E-state index is 0.132. The maximum Gasteiger partial charge on any atom is 0.414 e. The van der Waals surface area contributed by atoms with Crippen LogP contribution >= 0.6 is 22.6 Å². The van der Waals surface area contributed by atoms with Crippen molar-refractivity contribution in [3.63, 3.8) is 0 Å². The number of halogens is 1. The third kappa shape index (κ3) is 5.89. The molecule has 0 aliphatic heterocycles. The van der Waals surface area contributed by atoms with E-state index in [1.807, 2.05) is 6.07 Å². The van der Waals surface area contributed by atoms with Gasteiger partial charge in [0, 0.05) is 22.9 Å². The van der Waals surface area contributed by atoms with Crippen molar-refractivity contribution >= 4 is 52.2 Å². The number of nitrogens with zero attached hydrogens (tertiary/aromatic N) is 3. The summed E-state index contributed by atoms with van der Waals surface area (Å²) in [5.41, 5.74) is 0.668. The SMILES string of the molecule is COc1nccc(I)c1C=Cc1ccc(N(C)C(=O)OC(C)(C)C)cc1[N+](=O)[O-]. The topological polar surface area (TPSA) is 94.8 Å². The Kier molecular flexibility index (Phi) is 7.17. The Hall–Kier alpha value is -2.69. The molecular formula is C20H22IN3O5. The normalized spacial score (nSPS) is 11.4. The first kappa shape index (κ1) is 22.6. The van der Waals surface area contributed by atoms with Gasteiger partial charge in [0.05, 0.1) is 28.8 Å². The molecule has 154 valence electrons. The number of ether oxygens (including phenoxy) is 2. The predicted octanol–water partition coefficient (Wildman–Crippen LogP) is 5.14. The largest absolute Gasteiger partial charge is 0.481 e. The summed E-state index contributed by atoms with van der Waals surface area (Å²) in [6, 6.07) is 6.37. The highest BCUT2D eigenvalue weighted by Gasteiger charge is 2.22. The zero-order valence-corrected chi connectivity index (χ0v) is 19.0. The van der Waals surface area contributed by atoms with E-state index in [9.17, 15) is 14.9 Å². The number of hydrogen-bond acceptors (Lipinski definition) is 6. The molecule has 1 heterocycles. The first-order chi connectivity index (χ1) is 13.5. The van der Waals surface area contributed by atoms with Crippen molar-refractivity contribution in [1.82, 2.24) is 4.98 Å². The molecule has 2 rings (SSSR count). The maximum atomic E-state index is 12.2. The zero-order valence-electron chi connectivity index (χ0n) is 16.8. The molecule has 0 aliphatic rings. The molecule has 0 bridgehead atoms. The summed E-state index contributed by atoms with van der Waals surface area (Å²) in [7, 11) is 3.02. The van der Waals surface area contributed by atoms with Gasteiger partial charge in [-0.2, -0.15) is 0 Å². The van der Waals surface area contributed by atoms with Gasteiger partial charge in [-0.3, -0.25) is 15.0 Å². The lowest BCUT2D eigenvalue weighted by Crippen LogP contribution is -2.34. The van der Waals surface area contributed by atoms with Gasteiger partial charge in [0.25, 0.3) is 5.69 Å². The van der Waals surface area contributed by atoms with Crippen LogP contribution < -0.4 is 9.64 Å². The standard InChI is InChI=1S/C20H22IN3O5/c1-20(2,3)29-19(25)23(4)14-8-6-13(17(12-14)24(26)27)7-9-15-16(21)10-11-22-18(15)28-5/h6-12H,1-5H3. The summed E-state index contributed by atoms with van der Waals surface area (Å²) >= 11 is 2.14. The molecule has 2 aromatic rings. The molecule has 0 fully saturated rings. The van der Waals surface area contributed by atoms with Crippen molar-refractivity contribution in [2.75, 3.05) is 19.1 Å². The highest BCUT2D eigenvalue weighted by Crippen LogP contribution is 2.29. The fourth-order valence-corrected chi connectivity index (χ4v) is 2.97. The van der Waals surface area contributed by atoms with Crippen molar-refractivity contribution < 1.29 is 19.2 Å². The van der Waals surface area contributed by atoms with E-state index in [-0.39, 0.29) is 5.69 Å². The van der Waals surface area contributed by atoms with E-state index in [0.717, 1.165) is 9.13 Å². The molecule has 1 aromatic heterocycles. The van der Waals surface area contributed by atoms with Gasteiger partial charge in [0.15, 0.2) is 0 Å². The highest BCUT2D eigenvalue weighted by molar-refractivity contribution is 14.1. The van der Waals surface area contributed by atoms with Crippen molar-refractivity contribution in [3.8, 4) is 5.88 Å². The highest BCUT2D eigenvalue weighted by atomic mass is 127. The molecule has 0 spiro atoms. The first-order valence-corrected chi connectivity index (χ1v) is 9.73. The number of nitro groups is 1. The van der Waals surface area contributed by atoms with E-state index < -0.39 is 16.6 Å². The predicted molar refractivity (Wildman–Crippen MR) is 120 cm³/mol. The van der Waals surface area contributed by atoms with Crippen LogP contribution in [0.1, 0.15) is 31.9 Å². The molecule has 0 saturated carbocycles. The van der Waals surface area contributed by atoms with Gasteiger partial charge in [0.2, 0.25) is 5.88 Å². The van der Waals surface area contributed by atoms with Crippen LogP contribution in [0.15, 0.2) is 30.5 Å². The van der Waals surface area contributed by atoms with Gasteiger partial charge in [-0.25, -0.2) is 9.78 Å². The lowest BCUT2D eigenvalue weighted by molar-refractivity contribution is -0.385. The Balaban J connectivity index is 2.39. The number of hydrogen-bond donors (Lipinski definition) is 0. The van der Waals surface area contributed by atoms with Crippen molar-refractivity contribution in [2.45, 2.75) is 26.4 Å². The number of nitro benzene ring substituents is 1. The maximum absolute atomic E-state index is 12.2. The second-order valence-electron chi connectivity index (χ2n) is 7.09. The summed E-state index contributed by atoms with van der Waals surface area (Å²) in [5.74, 6) is 0.428. The van der Waals surface area contributed by atoms with E-state index in [2.05, 4.69) is 27.6 Å². The molecule has 0 saturated heterocycles. The Labute approximate surface area is 182 Å². The third-order valence-corrected chi connectivity index (χ3v) is 4.73. The quantitative estimate of drug-likeness (QED) is 0.313. The van der Waals surface area contributed by atoms with Crippen LogP contribution in [0, 0.1) is 13.7 Å². The second kappa shape index (κ2) is 9.21. The molecule has 29 heavy (non-hydrogen) atoms. The summed E-state index contributed by atoms with van der Waals surface area (Å²) < 4.78 is 11.5. The summed E-state index contributed by atoms with van der Waals surface area (Å²) in [4.78, 5) is 28.7. The molecule has 0 N–H and O–H groups in total. The zero-order chi connectivity index (χ0) is 21.8. The van der Waals surface area contributed by atoms with Crippen LogP contribution in [0.5, 0.6) is 5.88 Å². The van der Waals surface area contributed by atoms with Crippen molar-refractivity contribution in [1.29, 1.82) is 0 Å². The number of anilines is 1. The molecule has 0 atom stereocenters. The van der Waals surface area contributed by atoms with Gasteiger partial charge >= 0.3 is 6.09 Å². The second-order valence-corrected chi connectivity index (χ2v) is 8.25. The number of carbonyl (C=O) groups is 1. The van der Waals surface area contributed by atoms with Gasteiger partial charge in [-0.1, -0.05) is 0 Å². The molecule has 0 unspecified atom stereocenters. The van der Waals surface area contributed by atoms with Crippen LogP contribution in [0.3, 0.4) is 0 Å². The fourth-order valence-electron chi connectivity index (χ4n) is 2.39. The van der Waals surface area contributed by atoms with Crippen LogP contribution in [-0.2, 0) is 4.74 Å². The van der Waals surface area contributed by atoms with Crippen molar-refractivity contribution in [2.24, 2.45) is 0 Å².